The molecule has 10 nitrogen and oxygen atoms in total. The van der Waals surface area contributed by atoms with Gasteiger partial charge < -0.3 is 25.3 Å². The van der Waals surface area contributed by atoms with Crippen LogP contribution in [0.2, 0.25) is 5.02 Å². The molecule has 0 aliphatic carbocycles. The van der Waals surface area contributed by atoms with Crippen molar-refractivity contribution in [2.45, 2.75) is 18.9 Å². The summed E-state index contributed by atoms with van der Waals surface area (Å²) in [6.07, 6.45) is 1.96. The molecule has 0 saturated carbocycles. The molecule has 156 valence electrons. The molecule has 28 heavy (non-hydrogen) atoms. The molecule has 0 unspecified atom stereocenters. The minimum absolute atomic E-state index is 0.0421. The quantitative estimate of drug-likeness (QED) is 0.563. The number of fused-ring (bicyclic) bond motifs is 1. The van der Waals surface area contributed by atoms with Crippen LogP contribution in [-0.2, 0) is 14.9 Å². The fourth-order valence-electron chi connectivity index (χ4n) is 3.20. The third kappa shape index (κ3) is 6.31. The Morgan fingerprint density at radius 1 is 1.36 bits per heavy atom. The number of hydrogen-bond donors (Lipinski definition) is 3. The number of imidazole rings is 1. The SMILES string of the molecule is NCCN1CCC(n2c(=O)[nH]c3cc(Cl)ccc32)CC1.O=C(O)CS(=O)(=O)[O-]. The maximum Gasteiger partial charge on any atom is 0.326 e. The van der Waals surface area contributed by atoms with Crippen LogP contribution in [0, 0.1) is 0 Å². The third-order valence-electron chi connectivity index (χ3n) is 4.35. The first-order valence-electron chi connectivity index (χ1n) is 8.58. The molecule has 0 radical (unpaired) electrons. The van der Waals surface area contributed by atoms with Crippen LogP contribution >= 0.6 is 11.6 Å². The Morgan fingerprint density at radius 2 is 2.00 bits per heavy atom. The van der Waals surface area contributed by atoms with Crippen LogP contribution in [0.1, 0.15) is 18.9 Å². The normalized spacial score (nSPS) is 16.0. The van der Waals surface area contributed by atoms with E-state index in [1.165, 1.54) is 0 Å². The van der Waals surface area contributed by atoms with Gasteiger partial charge in [-0.15, -0.1) is 0 Å². The summed E-state index contributed by atoms with van der Waals surface area (Å²) >= 11 is 5.97. The largest absolute Gasteiger partial charge is 0.748 e. The van der Waals surface area contributed by atoms with Gasteiger partial charge in [-0.25, -0.2) is 13.2 Å². The number of nitrogens with zero attached hydrogens (tertiary/aromatic N) is 2. The summed E-state index contributed by atoms with van der Waals surface area (Å²) in [5.41, 5.74) is 7.30. The van der Waals surface area contributed by atoms with Gasteiger partial charge in [-0.2, -0.15) is 0 Å². The Labute approximate surface area is 166 Å². The second kappa shape index (κ2) is 9.52. The number of halogens is 1. The maximum absolute atomic E-state index is 12.2. The molecule has 2 heterocycles. The number of aromatic nitrogens is 2. The second-order valence-corrected chi connectivity index (χ2v) is 8.26. The van der Waals surface area contributed by atoms with Crippen molar-refractivity contribution in [3.63, 3.8) is 0 Å². The number of likely N-dealkylation sites (tertiary alicyclic amines) is 1. The summed E-state index contributed by atoms with van der Waals surface area (Å²) in [6, 6.07) is 5.81. The average molecular weight is 434 g/mol. The van der Waals surface area contributed by atoms with Gasteiger partial charge in [-0.05, 0) is 31.0 Å². The van der Waals surface area contributed by atoms with E-state index >= 15 is 0 Å². The van der Waals surface area contributed by atoms with E-state index in [4.69, 9.17) is 22.4 Å². The number of rotatable bonds is 5. The maximum atomic E-state index is 12.2. The van der Waals surface area contributed by atoms with E-state index in [0.717, 1.165) is 43.5 Å². The van der Waals surface area contributed by atoms with Gasteiger partial charge in [0.25, 0.3) is 0 Å². The van der Waals surface area contributed by atoms with Gasteiger partial charge in [-0.3, -0.25) is 9.36 Å². The summed E-state index contributed by atoms with van der Waals surface area (Å²) in [5.74, 6) is -2.97. The molecule has 1 fully saturated rings. The summed E-state index contributed by atoms with van der Waals surface area (Å²) in [4.78, 5) is 26.9. The van der Waals surface area contributed by atoms with Crippen molar-refractivity contribution < 1.29 is 22.9 Å². The Bertz CT molecular complexity index is 979. The van der Waals surface area contributed by atoms with Crippen molar-refractivity contribution in [1.29, 1.82) is 0 Å². The van der Waals surface area contributed by atoms with E-state index in [1.807, 2.05) is 16.7 Å². The van der Waals surface area contributed by atoms with Crippen molar-refractivity contribution in [1.82, 2.24) is 14.5 Å². The first kappa shape index (κ1) is 22.4. The zero-order valence-electron chi connectivity index (χ0n) is 15.0. The second-order valence-electron chi connectivity index (χ2n) is 6.42. The smallest absolute Gasteiger partial charge is 0.326 e. The van der Waals surface area contributed by atoms with Crippen molar-refractivity contribution in [2.24, 2.45) is 5.73 Å². The van der Waals surface area contributed by atoms with Crippen LogP contribution in [-0.4, -0.2) is 70.4 Å². The number of hydrogen-bond acceptors (Lipinski definition) is 7. The highest BCUT2D eigenvalue weighted by atomic mass is 35.5. The van der Waals surface area contributed by atoms with Crippen molar-refractivity contribution in [2.75, 3.05) is 31.9 Å². The molecule has 0 bridgehead atoms. The van der Waals surface area contributed by atoms with E-state index in [2.05, 4.69) is 9.88 Å². The number of carboxylic acids is 1. The molecule has 1 aromatic carbocycles. The molecule has 1 aliphatic rings. The molecule has 1 aliphatic heterocycles. The van der Waals surface area contributed by atoms with Crippen LogP contribution in [0.4, 0.5) is 0 Å². The van der Waals surface area contributed by atoms with Gasteiger partial charge in [0.15, 0.2) is 0 Å². The Kier molecular flexibility index (Phi) is 7.61. The Morgan fingerprint density at radius 3 is 2.50 bits per heavy atom. The molecule has 0 spiro atoms. The topological polar surface area (TPSA) is 162 Å². The summed E-state index contributed by atoms with van der Waals surface area (Å²) in [5, 5.41) is 8.31. The molecular weight excluding hydrogens is 412 g/mol. The fraction of sp³-hybridized carbons (Fsp3) is 0.500. The zero-order valence-corrected chi connectivity index (χ0v) is 16.6. The summed E-state index contributed by atoms with van der Waals surface area (Å²) < 4.78 is 30.4. The van der Waals surface area contributed by atoms with Crippen LogP contribution in [0.3, 0.4) is 0 Å². The highest BCUT2D eigenvalue weighted by Gasteiger charge is 2.23. The number of carbonyl (C=O) groups is 1. The first-order chi connectivity index (χ1) is 13.1. The van der Waals surface area contributed by atoms with Crippen LogP contribution < -0.4 is 11.4 Å². The monoisotopic (exact) mass is 433 g/mol. The molecule has 3 rings (SSSR count). The van der Waals surface area contributed by atoms with Gasteiger partial charge in [0.2, 0.25) is 0 Å². The Balaban J connectivity index is 0.000000300. The van der Waals surface area contributed by atoms with E-state index in [0.29, 0.717) is 11.6 Å². The van der Waals surface area contributed by atoms with E-state index < -0.39 is 21.8 Å². The molecular formula is C16H22ClN4O6S-. The number of benzene rings is 1. The zero-order chi connectivity index (χ0) is 20.9. The Hall–Kier alpha value is -1.92. The van der Waals surface area contributed by atoms with Crippen molar-refractivity contribution in [3.8, 4) is 0 Å². The van der Waals surface area contributed by atoms with Crippen molar-refractivity contribution >= 4 is 38.7 Å². The lowest BCUT2D eigenvalue weighted by Crippen LogP contribution is -2.39. The predicted molar refractivity (Wildman–Crippen MR) is 104 cm³/mol. The molecule has 1 saturated heterocycles. The van der Waals surface area contributed by atoms with Gasteiger partial charge in [0, 0.05) is 37.2 Å². The molecule has 2 aromatic rings. The lowest BCUT2D eigenvalue weighted by molar-refractivity contribution is -0.134. The highest BCUT2D eigenvalue weighted by molar-refractivity contribution is 7.86. The number of aromatic amines is 1. The average Bonchev–Trinajstić information content (AvgIpc) is 2.89. The van der Waals surface area contributed by atoms with Crippen LogP contribution in [0.5, 0.6) is 0 Å². The van der Waals surface area contributed by atoms with Crippen molar-refractivity contribution in [3.05, 3.63) is 33.7 Å². The first-order valence-corrected chi connectivity index (χ1v) is 10.5. The van der Waals surface area contributed by atoms with Crippen LogP contribution in [0.15, 0.2) is 23.0 Å². The van der Waals surface area contributed by atoms with Gasteiger partial charge >= 0.3 is 11.7 Å². The highest BCUT2D eigenvalue weighted by Crippen LogP contribution is 2.25. The molecule has 0 amide bonds. The number of piperidine rings is 1. The number of H-pyrrole nitrogens is 1. The van der Waals surface area contributed by atoms with Gasteiger partial charge in [0.1, 0.15) is 15.9 Å². The standard InChI is InChI=1S/C14H19ClN4O.C2H4O5S/c15-10-1-2-13-12(9-10)17-14(20)19(13)11-3-6-18(7-4-11)8-5-16;3-2(4)1-8(5,6)7/h1-2,9,11H,3-8,16H2,(H,17,20);1H2,(H,3,4)(H,5,6,7)/p-1. The van der Waals surface area contributed by atoms with E-state index in [-0.39, 0.29) is 11.7 Å². The fourth-order valence-corrected chi connectivity index (χ4v) is 3.68. The molecule has 0 atom stereocenters. The molecule has 1 aromatic heterocycles. The minimum atomic E-state index is -4.57. The van der Waals surface area contributed by atoms with E-state index in [1.54, 1.807) is 6.07 Å². The van der Waals surface area contributed by atoms with Gasteiger partial charge in [0.05, 0.1) is 11.0 Å². The number of carboxylic acid groups (broad SMARTS) is 1. The molecule has 4 N–H and O–H groups in total. The predicted octanol–water partition coefficient (Wildman–Crippen LogP) is 0.195. The number of aliphatic carboxylic acids is 1. The lowest BCUT2D eigenvalue weighted by atomic mass is 10.0. The summed E-state index contributed by atoms with van der Waals surface area (Å²) in [6.45, 7) is 3.62. The summed E-state index contributed by atoms with van der Waals surface area (Å²) in [7, 11) is -4.57. The number of nitrogens with two attached hydrogens (primary N) is 1. The van der Waals surface area contributed by atoms with Crippen LogP contribution in [0.25, 0.3) is 11.0 Å². The third-order valence-corrected chi connectivity index (χ3v) is 5.18. The minimum Gasteiger partial charge on any atom is -0.748 e. The molecule has 12 heteroatoms. The van der Waals surface area contributed by atoms with E-state index in [9.17, 15) is 22.6 Å². The lowest BCUT2D eigenvalue weighted by Gasteiger charge is -2.32. The number of nitrogens with one attached hydrogen (secondary N) is 1. The van der Waals surface area contributed by atoms with Gasteiger partial charge in [-0.1, -0.05) is 11.6 Å².